The van der Waals surface area contributed by atoms with Crippen LogP contribution >= 0.6 is 0 Å². The van der Waals surface area contributed by atoms with Gasteiger partial charge >= 0.3 is 0 Å². The summed E-state index contributed by atoms with van der Waals surface area (Å²) in [5, 5.41) is 3.21. The molecule has 1 unspecified atom stereocenters. The van der Waals surface area contributed by atoms with Gasteiger partial charge in [-0.15, -0.1) is 0 Å². The Kier molecular flexibility index (Phi) is 7.02. The highest BCUT2D eigenvalue weighted by atomic mass is 16.5. The van der Waals surface area contributed by atoms with Crippen LogP contribution in [0, 0.1) is 0 Å². The molecule has 1 aromatic heterocycles. The number of nitrogens with zero attached hydrogens (tertiary/aromatic N) is 1. The van der Waals surface area contributed by atoms with Gasteiger partial charge < -0.3 is 24.1 Å². The second kappa shape index (κ2) is 10.1. The SMILES string of the molecule is COc1cccc(C(C(=O)NC2CCCC2)N(C(=O)c2ccco2)C2CCCC2)c1OC. The lowest BCUT2D eigenvalue weighted by Crippen LogP contribution is -2.49. The van der Waals surface area contributed by atoms with E-state index in [9.17, 15) is 9.59 Å². The van der Waals surface area contributed by atoms with Crippen LogP contribution in [0.25, 0.3) is 0 Å². The molecule has 1 heterocycles. The lowest BCUT2D eigenvalue weighted by molar-refractivity contribution is -0.127. The van der Waals surface area contributed by atoms with E-state index in [0.29, 0.717) is 17.1 Å². The molecule has 2 aliphatic carbocycles. The molecule has 2 aromatic rings. The zero-order chi connectivity index (χ0) is 22.5. The summed E-state index contributed by atoms with van der Waals surface area (Å²) in [5.74, 6) is 0.767. The summed E-state index contributed by atoms with van der Waals surface area (Å²) in [6, 6.07) is 8.05. The van der Waals surface area contributed by atoms with Gasteiger partial charge in [0.15, 0.2) is 17.3 Å². The van der Waals surface area contributed by atoms with E-state index in [1.54, 1.807) is 37.3 Å². The number of ether oxygens (including phenoxy) is 2. The predicted octanol–water partition coefficient (Wildman–Crippen LogP) is 4.48. The summed E-state index contributed by atoms with van der Waals surface area (Å²) in [7, 11) is 3.12. The van der Waals surface area contributed by atoms with Crippen LogP contribution in [0.3, 0.4) is 0 Å². The molecule has 1 N–H and O–H groups in total. The number of hydrogen-bond donors (Lipinski definition) is 1. The molecule has 2 amide bonds. The van der Waals surface area contributed by atoms with E-state index in [0.717, 1.165) is 51.4 Å². The Balaban J connectivity index is 1.80. The zero-order valence-electron chi connectivity index (χ0n) is 18.8. The predicted molar refractivity (Wildman–Crippen MR) is 120 cm³/mol. The fourth-order valence-corrected chi connectivity index (χ4v) is 5.10. The number of carbonyl (C=O) groups is 2. The molecule has 7 heteroatoms. The molecule has 172 valence electrons. The van der Waals surface area contributed by atoms with Gasteiger partial charge in [0, 0.05) is 17.6 Å². The number of nitrogens with one attached hydrogen (secondary N) is 1. The van der Waals surface area contributed by atoms with Crippen molar-refractivity contribution in [1.29, 1.82) is 0 Å². The summed E-state index contributed by atoms with van der Waals surface area (Å²) in [6.45, 7) is 0. The molecule has 1 aromatic carbocycles. The molecule has 0 radical (unpaired) electrons. The van der Waals surface area contributed by atoms with Crippen molar-refractivity contribution in [3.63, 3.8) is 0 Å². The standard InChI is InChI=1S/C25H32N2O5/c1-30-20-14-7-13-19(23(20)31-2)22(24(28)26-17-9-3-4-10-17)27(18-11-5-6-12-18)25(29)21-15-8-16-32-21/h7-8,13-18,22H,3-6,9-12H2,1-2H3,(H,26,28). The van der Waals surface area contributed by atoms with Crippen molar-refractivity contribution in [1.82, 2.24) is 10.2 Å². The first-order valence-corrected chi connectivity index (χ1v) is 11.5. The second-order valence-electron chi connectivity index (χ2n) is 8.60. The van der Waals surface area contributed by atoms with Crippen LogP contribution in [0.4, 0.5) is 0 Å². The molecular weight excluding hydrogens is 408 g/mol. The minimum Gasteiger partial charge on any atom is -0.493 e. The number of para-hydroxylation sites is 1. The van der Waals surface area contributed by atoms with Crippen molar-refractivity contribution in [3.8, 4) is 11.5 Å². The Labute approximate surface area is 189 Å². The maximum Gasteiger partial charge on any atom is 0.290 e. The van der Waals surface area contributed by atoms with Crippen LogP contribution in [0.2, 0.25) is 0 Å². The average Bonchev–Trinajstić information content (AvgIpc) is 3.59. The summed E-state index contributed by atoms with van der Waals surface area (Å²) < 4.78 is 16.6. The fraction of sp³-hybridized carbons (Fsp3) is 0.520. The van der Waals surface area contributed by atoms with Gasteiger partial charge in [-0.05, 0) is 43.9 Å². The van der Waals surface area contributed by atoms with E-state index in [2.05, 4.69) is 5.32 Å². The molecule has 0 bridgehead atoms. The molecule has 32 heavy (non-hydrogen) atoms. The van der Waals surface area contributed by atoms with E-state index >= 15 is 0 Å². The van der Waals surface area contributed by atoms with E-state index in [-0.39, 0.29) is 29.7 Å². The molecule has 2 fully saturated rings. The number of carbonyl (C=O) groups excluding carboxylic acids is 2. The Morgan fingerprint density at radius 1 is 1.00 bits per heavy atom. The van der Waals surface area contributed by atoms with Gasteiger partial charge in [0.2, 0.25) is 5.91 Å². The Hall–Kier alpha value is -2.96. The number of amides is 2. The summed E-state index contributed by atoms with van der Waals surface area (Å²) >= 11 is 0. The average molecular weight is 441 g/mol. The number of methoxy groups -OCH3 is 2. The third-order valence-corrected chi connectivity index (χ3v) is 6.64. The monoisotopic (exact) mass is 440 g/mol. The number of hydrogen-bond acceptors (Lipinski definition) is 5. The smallest absolute Gasteiger partial charge is 0.290 e. The van der Waals surface area contributed by atoms with Crippen LogP contribution in [-0.2, 0) is 4.79 Å². The maximum atomic E-state index is 13.8. The maximum absolute atomic E-state index is 13.8. The Bertz CT molecular complexity index is 914. The van der Waals surface area contributed by atoms with Crippen molar-refractivity contribution >= 4 is 11.8 Å². The normalized spacial score (nSPS) is 17.8. The highest BCUT2D eigenvalue weighted by molar-refractivity contribution is 5.96. The zero-order valence-corrected chi connectivity index (χ0v) is 18.8. The van der Waals surface area contributed by atoms with Crippen LogP contribution in [0.5, 0.6) is 11.5 Å². The summed E-state index contributed by atoms with van der Waals surface area (Å²) in [6.07, 6.45) is 9.38. The Morgan fingerprint density at radius 3 is 2.34 bits per heavy atom. The quantitative estimate of drug-likeness (QED) is 0.655. The first-order chi connectivity index (χ1) is 15.6. The first-order valence-electron chi connectivity index (χ1n) is 11.5. The van der Waals surface area contributed by atoms with Crippen LogP contribution in [-0.4, -0.2) is 43.0 Å². The number of furan rings is 1. The van der Waals surface area contributed by atoms with Gasteiger partial charge in [-0.3, -0.25) is 9.59 Å². The molecule has 0 spiro atoms. The highest BCUT2D eigenvalue weighted by Crippen LogP contribution is 2.40. The largest absolute Gasteiger partial charge is 0.493 e. The van der Waals surface area contributed by atoms with Gasteiger partial charge in [0.25, 0.3) is 5.91 Å². The molecule has 1 atom stereocenters. The lowest BCUT2D eigenvalue weighted by atomic mass is 9.98. The highest BCUT2D eigenvalue weighted by Gasteiger charge is 2.41. The van der Waals surface area contributed by atoms with E-state index in [1.165, 1.54) is 6.26 Å². The van der Waals surface area contributed by atoms with E-state index < -0.39 is 6.04 Å². The third-order valence-electron chi connectivity index (χ3n) is 6.64. The summed E-state index contributed by atoms with van der Waals surface area (Å²) in [5.41, 5.74) is 0.620. The minimum absolute atomic E-state index is 0.0529. The van der Waals surface area contributed by atoms with Crippen LogP contribution in [0.1, 0.15) is 73.5 Å². The van der Waals surface area contributed by atoms with Crippen LogP contribution in [0.15, 0.2) is 41.0 Å². The number of benzene rings is 1. The molecule has 7 nitrogen and oxygen atoms in total. The van der Waals surface area contributed by atoms with Crippen molar-refractivity contribution in [3.05, 3.63) is 47.9 Å². The van der Waals surface area contributed by atoms with Gasteiger partial charge in [0.05, 0.1) is 20.5 Å². The van der Waals surface area contributed by atoms with Crippen molar-refractivity contribution in [2.75, 3.05) is 14.2 Å². The first kappa shape index (κ1) is 22.2. The Morgan fingerprint density at radius 2 is 1.72 bits per heavy atom. The fourth-order valence-electron chi connectivity index (χ4n) is 5.10. The molecule has 0 aliphatic heterocycles. The molecular formula is C25H32N2O5. The molecule has 4 rings (SSSR count). The van der Waals surface area contributed by atoms with Crippen molar-refractivity contribution in [2.45, 2.75) is 69.5 Å². The van der Waals surface area contributed by atoms with Gasteiger partial charge in [-0.2, -0.15) is 0 Å². The lowest BCUT2D eigenvalue weighted by Gasteiger charge is -2.36. The van der Waals surface area contributed by atoms with Gasteiger partial charge in [-0.1, -0.05) is 37.8 Å². The minimum atomic E-state index is -0.846. The van der Waals surface area contributed by atoms with Gasteiger partial charge in [0.1, 0.15) is 6.04 Å². The molecule has 2 aliphatic rings. The van der Waals surface area contributed by atoms with Gasteiger partial charge in [-0.25, -0.2) is 0 Å². The topological polar surface area (TPSA) is 81.0 Å². The molecule has 0 saturated heterocycles. The van der Waals surface area contributed by atoms with E-state index in [4.69, 9.17) is 13.9 Å². The molecule has 2 saturated carbocycles. The third kappa shape index (κ3) is 4.47. The second-order valence-corrected chi connectivity index (χ2v) is 8.60. The van der Waals surface area contributed by atoms with E-state index in [1.807, 2.05) is 12.1 Å². The summed E-state index contributed by atoms with van der Waals surface area (Å²) in [4.78, 5) is 29.2. The van der Waals surface area contributed by atoms with Crippen molar-refractivity contribution in [2.24, 2.45) is 0 Å². The number of rotatable bonds is 8. The van der Waals surface area contributed by atoms with Crippen LogP contribution < -0.4 is 14.8 Å². The van der Waals surface area contributed by atoms with Crippen molar-refractivity contribution < 1.29 is 23.5 Å².